The fourth-order valence-electron chi connectivity index (χ4n) is 1.16. The third kappa shape index (κ3) is 3.35. The summed E-state index contributed by atoms with van der Waals surface area (Å²) in [5, 5.41) is 0. The van der Waals surface area contributed by atoms with Gasteiger partial charge in [0.15, 0.2) is 0 Å². The Kier molecular flexibility index (Phi) is 4.09. The monoisotopic (exact) mass is 194 g/mol. The van der Waals surface area contributed by atoms with E-state index in [0.717, 1.165) is 31.6 Å². The summed E-state index contributed by atoms with van der Waals surface area (Å²) in [4.78, 5) is 0. The minimum absolute atomic E-state index is 0.298. The molecule has 0 aromatic heterocycles. The molecule has 1 saturated heterocycles. The molecule has 0 aromatic carbocycles. The van der Waals surface area contributed by atoms with Crippen molar-refractivity contribution >= 4 is 23.2 Å². The van der Waals surface area contributed by atoms with Crippen LogP contribution in [0.15, 0.2) is 10.3 Å². The van der Waals surface area contributed by atoms with E-state index in [1.54, 1.807) is 0 Å². The molecule has 1 aliphatic rings. The van der Waals surface area contributed by atoms with E-state index in [1.807, 2.05) is 0 Å². The number of allylic oxidation sites excluding steroid dienone is 1. The average Bonchev–Trinajstić information content (AvgIpc) is 1.84. The largest absolute Gasteiger partial charge is 0.495 e. The predicted octanol–water partition coefficient (Wildman–Crippen LogP) is 3.61. The van der Waals surface area contributed by atoms with Gasteiger partial charge in [0, 0.05) is 6.42 Å². The molecule has 64 valence electrons. The molecule has 0 N–H and O–H groups in total. The minimum atomic E-state index is 0.298. The van der Waals surface area contributed by atoms with Crippen molar-refractivity contribution in [2.45, 2.75) is 32.1 Å². The molecule has 0 amide bonds. The quantitative estimate of drug-likeness (QED) is 0.573. The molecular formula is C8H12Cl2O. The van der Waals surface area contributed by atoms with Crippen LogP contribution in [-0.4, -0.2) is 6.61 Å². The van der Waals surface area contributed by atoms with Gasteiger partial charge in [-0.3, -0.25) is 0 Å². The summed E-state index contributed by atoms with van der Waals surface area (Å²) in [7, 11) is 0. The number of rotatable bonds is 0. The number of hydrogen-bond acceptors (Lipinski definition) is 1. The SMILES string of the molecule is ClC(Cl)=C1CCCCCCO1. The topological polar surface area (TPSA) is 9.23 Å². The van der Waals surface area contributed by atoms with E-state index in [4.69, 9.17) is 27.9 Å². The van der Waals surface area contributed by atoms with E-state index in [1.165, 1.54) is 12.8 Å². The third-order valence-corrected chi connectivity index (χ3v) is 2.21. The molecule has 0 radical (unpaired) electrons. The lowest BCUT2D eigenvalue weighted by atomic mass is 10.1. The summed E-state index contributed by atoms with van der Waals surface area (Å²) in [5.74, 6) is 0.771. The van der Waals surface area contributed by atoms with Gasteiger partial charge in [0.1, 0.15) is 10.3 Å². The van der Waals surface area contributed by atoms with Gasteiger partial charge in [0.2, 0.25) is 0 Å². The highest BCUT2D eigenvalue weighted by Gasteiger charge is 2.06. The first-order valence-corrected chi connectivity index (χ1v) is 4.73. The fourth-order valence-corrected chi connectivity index (χ4v) is 1.46. The lowest BCUT2D eigenvalue weighted by molar-refractivity contribution is 0.184. The zero-order chi connectivity index (χ0) is 8.10. The van der Waals surface area contributed by atoms with Crippen molar-refractivity contribution in [3.8, 4) is 0 Å². The first kappa shape index (κ1) is 9.21. The molecule has 3 heteroatoms. The van der Waals surface area contributed by atoms with Crippen molar-refractivity contribution in [1.82, 2.24) is 0 Å². The van der Waals surface area contributed by atoms with Crippen LogP contribution >= 0.6 is 23.2 Å². The summed E-state index contributed by atoms with van der Waals surface area (Å²) >= 11 is 11.2. The van der Waals surface area contributed by atoms with E-state index in [0.29, 0.717) is 4.49 Å². The van der Waals surface area contributed by atoms with E-state index in [9.17, 15) is 0 Å². The highest BCUT2D eigenvalue weighted by atomic mass is 35.5. The zero-order valence-corrected chi connectivity index (χ0v) is 7.92. The first-order valence-electron chi connectivity index (χ1n) is 3.97. The van der Waals surface area contributed by atoms with Crippen molar-refractivity contribution in [1.29, 1.82) is 0 Å². The molecule has 1 aliphatic heterocycles. The zero-order valence-electron chi connectivity index (χ0n) is 6.41. The van der Waals surface area contributed by atoms with Gasteiger partial charge < -0.3 is 4.74 Å². The van der Waals surface area contributed by atoms with Gasteiger partial charge >= 0.3 is 0 Å². The summed E-state index contributed by atoms with van der Waals surface area (Å²) in [6, 6.07) is 0. The molecule has 1 rings (SSSR count). The third-order valence-electron chi connectivity index (χ3n) is 1.79. The standard InChI is InChI=1S/C8H12Cl2O/c9-8(10)7-5-3-1-2-4-6-11-7/h1-6H2. The molecule has 11 heavy (non-hydrogen) atoms. The predicted molar refractivity (Wildman–Crippen MR) is 47.8 cm³/mol. The Morgan fingerprint density at radius 3 is 2.55 bits per heavy atom. The van der Waals surface area contributed by atoms with Crippen LogP contribution in [0.1, 0.15) is 32.1 Å². The van der Waals surface area contributed by atoms with Gasteiger partial charge in [-0.1, -0.05) is 36.0 Å². The highest BCUT2D eigenvalue weighted by Crippen LogP contribution is 2.23. The summed E-state index contributed by atoms with van der Waals surface area (Å²) in [6.45, 7) is 0.762. The summed E-state index contributed by atoms with van der Waals surface area (Å²) in [5.41, 5.74) is 0. The molecule has 0 atom stereocenters. The molecule has 0 bridgehead atoms. The van der Waals surface area contributed by atoms with Gasteiger partial charge in [0.05, 0.1) is 6.61 Å². The summed E-state index contributed by atoms with van der Waals surface area (Å²) in [6.07, 6.45) is 5.66. The molecule has 0 aliphatic carbocycles. The first-order chi connectivity index (χ1) is 5.30. The smallest absolute Gasteiger partial charge is 0.144 e. The van der Waals surface area contributed by atoms with Crippen LogP contribution in [0.2, 0.25) is 0 Å². The molecule has 0 saturated carbocycles. The van der Waals surface area contributed by atoms with Crippen LogP contribution in [0.5, 0.6) is 0 Å². The second-order valence-electron chi connectivity index (χ2n) is 2.70. The maximum atomic E-state index is 5.60. The van der Waals surface area contributed by atoms with Gasteiger partial charge in [0.25, 0.3) is 0 Å². The number of ether oxygens (including phenoxy) is 1. The lowest BCUT2D eigenvalue weighted by Gasteiger charge is -2.13. The second kappa shape index (κ2) is 4.89. The van der Waals surface area contributed by atoms with Crippen LogP contribution in [0.3, 0.4) is 0 Å². The molecule has 0 aromatic rings. The number of hydrogen-bond donors (Lipinski definition) is 0. The van der Waals surface area contributed by atoms with E-state index in [2.05, 4.69) is 0 Å². The van der Waals surface area contributed by atoms with Gasteiger partial charge in [-0.15, -0.1) is 0 Å². The van der Waals surface area contributed by atoms with Crippen LogP contribution in [0.25, 0.3) is 0 Å². The minimum Gasteiger partial charge on any atom is -0.495 e. The van der Waals surface area contributed by atoms with Crippen LogP contribution in [0, 0.1) is 0 Å². The Morgan fingerprint density at radius 1 is 1.09 bits per heavy atom. The van der Waals surface area contributed by atoms with Crippen molar-refractivity contribution in [3.05, 3.63) is 10.3 Å². The van der Waals surface area contributed by atoms with Gasteiger partial charge in [-0.2, -0.15) is 0 Å². The Morgan fingerprint density at radius 2 is 1.82 bits per heavy atom. The second-order valence-corrected chi connectivity index (χ2v) is 3.65. The van der Waals surface area contributed by atoms with Gasteiger partial charge in [-0.25, -0.2) is 0 Å². The van der Waals surface area contributed by atoms with Crippen LogP contribution in [-0.2, 0) is 4.74 Å². The van der Waals surface area contributed by atoms with E-state index < -0.39 is 0 Å². The lowest BCUT2D eigenvalue weighted by Crippen LogP contribution is -2.00. The Bertz CT molecular complexity index is 140. The Hall–Kier alpha value is 0.120. The Balaban J connectivity index is 2.45. The van der Waals surface area contributed by atoms with E-state index in [-0.39, 0.29) is 0 Å². The molecule has 1 fully saturated rings. The summed E-state index contributed by atoms with van der Waals surface area (Å²) < 4.78 is 5.66. The van der Waals surface area contributed by atoms with E-state index >= 15 is 0 Å². The Labute approximate surface area is 77.3 Å². The van der Waals surface area contributed by atoms with Crippen molar-refractivity contribution in [2.75, 3.05) is 6.61 Å². The molecule has 0 spiro atoms. The molecule has 1 heterocycles. The molecule has 1 nitrogen and oxygen atoms in total. The van der Waals surface area contributed by atoms with Crippen molar-refractivity contribution < 1.29 is 4.74 Å². The van der Waals surface area contributed by atoms with Crippen LogP contribution < -0.4 is 0 Å². The average molecular weight is 195 g/mol. The maximum absolute atomic E-state index is 5.60. The van der Waals surface area contributed by atoms with Crippen molar-refractivity contribution in [2.24, 2.45) is 0 Å². The normalized spacial score (nSPS) is 20.0. The highest BCUT2D eigenvalue weighted by molar-refractivity contribution is 6.56. The molecular weight excluding hydrogens is 183 g/mol. The van der Waals surface area contributed by atoms with Crippen molar-refractivity contribution in [3.63, 3.8) is 0 Å². The molecule has 0 unspecified atom stereocenters. The maximum Gasteiger partial charge on any atom is 0.144 e. The van der Waals surface area contributed by atoms with Gasteiger partial charge in [-0.05, 0) is 12.8 Å². The number of halogens is 2. The van der Waals surface area contributed by atoms with Crippen LogP contribution in [0.4, 0.5) is 0 Å². The fraction of sp³-hybridized carbons (Fsp3) is 0.750.